The lowest BCUT2D eigenvalue weighted by Crippen LogP contribution is -2.45. The van der Waals surface area contributed by atoms with Crippen molar-refractivity contribution >= 4 is 13.7 Å². The summed E-state index contributed by atoms with van der Waals surface area (Å²) in [6, 6.07) is -0.862. The van der Waals surface area contributed by atoms with E-state index in [1.165, 1.54) is 161 Å². The van der Waals surface area contributed by atoms with Gasteiger partial charge in [-0.1, -0.05) is 253 Å². The number of aliphatic hydroxyl groups is 1. The summed E-state index contributed by atoms with van der Waals surface area (Å²) in [5, 5.41) is 13.8. The molecule has 3 N–H and O–H groups in total. The Labute approximate surface area is 439 Å². The summed E-state index contributed by atoms with van der Waals surface area (Å²) in [5.74, 6) is -0.188. The normalized spacial score (nSPS) is 14.5. The molecule has 9 heteroatoms. The van der Waals surface area contributed by atoms with E-state index in [9.17, 15) is 19.4 Å². The van der Waals surface area contributed by atoms with Crippen LogP contribution < -0.4 is 5.32 Å². The molecule has 412 valence electrons. The van der Waals surface area contributed by atoms with E-state index in [4.69, 9.17) is 9.05 Å². The lowest BCUT2D eigenvalue weighted by molar-refractivity contribution is -0.870. The number of aliphatic hydroxyl groups excluding tert-OH is 1. The second kappa shape index (κ2) is 52.5. The summed E-state index contributed by atoms with van der Waals surface area (Å²) in [7, 11) is 1.55. The molecule has 0 aromatic rings. The fourth-order valence-electron chi connectivity index (χ4n) is 8.26. The van der Waals surface area contributed by atoms with Crippen LogP contribution in [0.2, 0.25) is 0 Å². The maximum absolute atomic E-state index is 12.9. The minimum atomic E-state index is -4.35. The standard InChI is InChI=1S/C62H113N2O6P/c1-6-8-10-12-14-16-18-19-20-21-22-23-24-25-26-27-28-29-30-31-32-33-34-35-36-37-38-39-40-41-42-43-44-45-46-48-50-52-54-56-62(66)63-60(59-70-71(67,68)69-58-57-64(3,4)5)61(65)55-53-51-49-47-17-15-13-11-9-7-2/h8,10,14,16-17,19-20,22-23,25-26,47,53,55,60-61,65H,6-7,9,11-13,15,18,21,24,27-46,48-52,54,56-59H2,1-5H3,(H-,63,66,67,68)/p+1/b10-8-,16-14-,20-19-,23-22-,26-25-,47-17+,55-53+. The maximum Gasteiger partial charge on any atom is 0.472 e. The Balaban J connectivity index is 3.87. The van der Waals surface area contributed by atoms with Crippen molar-refractivity contribution in [3.8, 4) is 0 Å². The largest absolute Gasteiger partial charge is 0.472 e. The number of phosphoric ester groups is 1. The van der Waals surface area contributed by atoms with Gasteiger partial charge in [-0.3, -0.25) is 13.8 Å². The summed E-state index contributed by atoms with van der Waals surface area (Å²) in [6.07, 6.45) is 74.4. The van der Waals surface area contributed by atoms with Crippen LogP contribution in [-0.4, -0.2) is 73.4 Å². The number of hydrogen-bond acceptors (Lipinski definition) is 5. The quantitative estimate of drug-likeness (QED) is 0.0243. The number of allylic oxidation sites excluding steroid dienone is 13. The number of phosphoric acid groups is 1. The van der Waals surface area contributed by atoms with E-state index in [2.05, 4.69) is 92.1 Å². The number of quaternary nitrogens is 1. The zero-order valence-electron chi connectivity index (χ0n) is 46.9. The van der Waals surface area contributed by atoms with Crippen molar-refractivity contribution in [2.75, 3.05) is 40.9 Å². The number of carbonyl (C=O) groups is 1. The van der Waals surface area contributed by atoms with Crippen molar-refractivity contribution in [1.29, 1.82) is 0 Å². The van der Waals surface area contributed by atoms with E-state index in [1.54, 1.807) is 6.08 Å². The molecule has 0 radical (unpaired) electrons. The van der Waals surface area contributed by atoms with E-state index in [1.807, 2.05) is 27.2 Å². The monoisotopic (exact) mass is 1010 g/mol. The van der Waals surface area contributed by atoms with Crippen LogP contribution in [-0.2, 0) is 18.4 Å². The average molecular weight is 1010 g/mol. The summed E-state index contributed by atoms with van der Waals surface area (Å²) >= 11 is 0. The van der Waals surface area contributed by atoms with Gasteiger partial charge < -0.3 is 19.8 Å². The van der Waals surface area contributed by atoms with Gasteiger partial charge >= 0.3 is 7.82 Å². The molecule has 0 spiro atoms. The Morgan fingerprint density at radius 2 is 0.859 bits per heavy atom. The van der Waals surface area contributed by atoms with Crippen molar-refractivity contribution in [2.45, 2.75) is 264 Å². The Kier molecular flexibility index (Phi) is 50.8. The van der Waals surface area contributed by atoms with Gasteiger partial charge in [0.1, 0.15) is 13.2 Å². The van der Waals surface area contributed by atoms with Crippen molar-refractivity contribution in [1.82, 2.24) is 5.32 Å². The molecule has 0 aromatic carbocycles. The number of nitrogens with zero attached hydrogens (tertiary/aromatic N) is 1. The third-order valence-electron chi connectivity index (χ3n) is 12.8. The van der Waals surface area contributed by atoms with Crippen LogP contribution in [0.5, 0.6) is 0 Å². The van der Waals surface area contributed by atoms with E-state index in [-0.39, 0.29) is 19.1 Å². The minimum Gasteiger partial charge on any atom is -0.387 e. The number of unbranched alkanes of at least 4 members (excludes halogenated alkanes) is 28. The smallest absolute Gasteiger partial charge is 0.387 e. The van der Waals surface area contributed by atoms with Gasteiger partial charge in [0.05, 0.1) is 39.9 Å². The van der Waals surface area contributed by atoms with Crippen LogP contribution in [0, 0.1) is 0 Å². The maximum atomic E-state index is 12.9. The number of rotatable bonds is 53. The van der Waals surface area contributed by atoms with Crippen LogP contribution in [0.25, 0.3) is 0 Å². The van der Waals surface area contributed by atoms with Crippen LogP contribution in [0.15, 0.2) is 85.1 Å². The molecule has 3 atom stereocenters. The van der Waals surface area contributed by atoms with E-state index < -0.39 is 20.0 Å². The molecule has 0 aliphatic heterocycles. The minimum absolute atomic E-state index is 0.0551. The predicted octanol–water partition coefficient (Wildman–Crippen LogP) is 18.0. The van der Waals surface area contributed by atoms with Gasteiger partial charge in [0.2, 0.25) is 5.91 Å². The molecule has 0 rings (SSSR count). The first-order valence-electron chi connectivity index (χ1n) is 29.5. The number of hydrogen-bond donors (Lipinski definition) is 3. The Morgan fingerprint density at radius 1 is 0.493 bits per heavy atom. The van der Waals surface area contributed by atoms with Gasteiger partial charge in [-0.2, -0.15) is 0 Å². The predicted molar refractivity (Wildman–Crippen MR) is 309 cm³/mol. The molecule has 1 amide bonds. The second-order valence-electron chi connectivity index (χ2n) is 21.0. The summed E-state index contributed by atoms with van der Waals surface area (Å²) in [6.45, 7) is 4.64. The van der Waals surface area contributed by atoms with Crippen LogP contribution in [0.3, 0.4) is 0 Å². The number of carbonyl (C=O) groups excluding carboxylic acids is 1. The molecule has 71 heavy (non-hydrogen) atoms. The van der Waals surface area contributed by atoms with Crippen LogP contribution in [0.4, 0.5) is 0 Å². The molecule has 0 saturated heterocycles. The van der Waals surface area contributed by atoms with Gasteiger partial charge in [0.25, 0.3) is 0 Å². The number of likely N-dealkylation sites (N-methyl/N-ethyl adjacent to an activating group) is 1. The molecule has 0 saturated carbocycles. The SMILES string of the molecule is CC/C=C\C/C=C\C/C=C\C/C=C\C/C=C\CCCCCCCCCCCCCCCCCCCCCCCCCC(=O)NC(COP(=O)(O)OCC[N+](C)(C)C)C(O)/C=C/CC/C=C/CCCCCC. The Morgan fingerprint density at radius 3 is 1.30 bits per heavy atom. The first kappa shape index (κ1) is 68.7. The Bertz CT molecular complexity index is 1430. The molecule has 0 aromatic heterocycles. The summed E-state index contributed by atoms with van der Waals surface area (Å²) < 4.78 is 23.6. The van der Waals surface area contributed by atoms with Gasteiger partial charge in [-0.15, -0.1) is 0 Å². The van der Waals surface area contributed by atoms with Crippen molar-refractivity contribution in [3.05, 3.63) is 85.1 Å². The summed E-state index contributed by atoms with van der Waals surface area (Å²) in [5.41, 5.74) is 0. The van der Waals surface area contributed by atoms with E-state index in [0.717, 1.165) is 70.6 Å². The van der Waals surface area contributed by atoms with Crippen molar-refractivity contribution in [2.24, 2.45) is 0 Å². The molecule has 3 unspecified atom stereocenters. The highest BCUT2D eigenvalue weighted by Gasteiger charge is 2.27. The van der Waals surface area contributed by atoms with Crippen molar-refractivity contribution in [3.63, 3.8) is 0 Å². The van der Waals surface area contributed by atoms with Gasteiger partial charge in [-0.05, 0) is 77.0 Å². The zero-order valence-corrected chi connectivity index (χ0v) is 47.8. The molecule has 0 aliphatic carbocycles. The Hall–Kier alpha value is -2.32. The van der Waals surface area contributed by atoms with Gasteiger partial charge in [0.15, 0.2) is 0 Å². The highest BCUT2D eigenvalue weighted by molar-refractivity contribution is 7.47. The van der Waals surface area contributed by atoms with E-state index in [0.29, 0.717) is 17.4 Å². The fraction of sp³-hybridized carbons (Fsp3) is 0.758. The lowest BCUT2D eigenvalue weighted by atomic mass is 10.0. The third-order valence-corrected chi connectivity index (χ3v) is 13.8. The molecule has 0 heterocycles. The highest BCUT2D eigenvalue weighted by Crippen LogP contribution is 2.43. The number of amides is 1. The van der Waals surface area contributed by atoms with Gasteiger partial charge in [-0.25, -0.2) is 4.57 Å². The molecule has 0 aliphatic rings. The molecular formula is C62H114N2O6P+. The highest BCUT2D eigenvalue weighted by atomic mass is 31.2. The zero-order chi connectivity index (χ0) is 52.0. The second-order valence-corrected chi connectivity index (χ2v) is 22.4. The molecule has 0 bridgehead atoms. The lowest BCUT2D eigenvalue weighted by Gasteiger charge is -2.25. The summed E-state index contributed by atoms with van der Waals surface area (Å²) in [4.78, 5) is 23.2. The first-order chi connectivity index (χ1) is 34.5. The fourth-order valence-corrected chi connectivity index (χ4v) is 9.00. The molecular weight excluding hydrogens is 900 g/mol. The average Bonchev–Trinajstić information content (AvgIpc) is 3.33. The van der Waals surface area contributed by atoms with Gasteiger partial charge in [0, 0.05) is 6.42 Å². The van der Waals surface area contributed by atoms with Crippen molar-refractivity contribution < 1.29 is 32.9 Å². The van der Waals surface area contributed by atoms with Crippen LogP contribution >= 0.6 is 7.82 Å². The van der Waals surface area contributed by atoms with Crippen LogP contribution in [0.1, 0.15) is 251 Å². The number of nitrogens with one attached hydrogen (secondary N) is 1. The van der Waals surface area contributed by atoms with E-state index >= 15 is 0 Å². The molecule has 8 nitrogen and oxygen atoms in total. The molecule has 0 fully saturated rings. The topological polar surface area (TPSA) is 105 Å². The third kappa shape index (κ3) is 55.3. The first-order valence-corrected chi connectivity index (χ1v) is 31.0.